The van der Waals surface area contributed by atoms with Gasteiger partial charge >= 0.3 is 0 Å². The van der Waals surface area contributed by atoms with Crippen LogP contribution in [0.15, 0.2) is 24.3 Å². The Morgan fingerprint density at radius 2 is 1.80 bits per heavy atom. The number of hydrogen-bond donors (Lipinski definition) is 1. The van der Waals surface area contributed by atoms with Crippen LogP contribution >= 0.6 is 0 Å². The van der Waals surface area contributed by atoms with Crippen LogP contribution in [-0.2, 0) is 9.59 Å². The van der Waals surface area contributed by atoms with Crippen molar-refractivity contribution < 1.29 is 14.4 Å². The smallest absolute Gasteiger partial charge is 0.253 e. The highest BCUT2D eigenvalue weighted by molar-refractivity contribution is 6.04. The summed E-state index contributed by atoms with van der Waals surface area (Å²) >= 11 is 0. The van der Waals surface area contributed by atoms with Crippen LogP contribution in [0.4, 0.5) is 5.69 Å². The van der Waals surface area contributed by atoms with E-state index in [1.165, 1.54) is 6.92 Å². The Morgan fingerprint density at radius 3 is 2.35 bits per heavy atom. The predicted octanol–water partition coefficient (Wildman–Crippen LogP) is 2.09. The van der Waals surface area contributed by atoms with Crippen LogP contribution in [0, 0.1) is 0 Å². The molecular formula is C15H20N2O3. The lowest BCUT2D eigenvalue weighted by atomic mass is 10.1. The van der Waals surface area contributed by atoms with Crippen molar-refractivity contribution in [3.8, 4) is 0 Å². The number of amides is 2. The molecule has 1 N–H and O–H groups in total. The molecule has 1 aromatic rings. The summed E-state index contributed by atoms with van der Waals surface area (Å²) in [6.07, 6.45) is -0.159. The van der Waals surface area contributed by atoms with Crippen molar-refractivity contribution in [2.45, 2.75) is 27.2 Å². The first-order chi connectivity index (χ1) is 9.47. The van der Waals surface area contributed by atoms with Gasteiger partial charge in [0, 0.05) is 24.3 Å². The number of nitrogens with zero attached hydrogens (tertiary/aromatic N) is 1. The van der Waals surface area contributed by atoms with Crippen molar-refractivity contribution in [2.24, 2.45) is 0 Å². The Labute approximate surface area is 119 Å². The highest BCUT2D eigenvalue weighted by Gasteiger charge is 2.13. The summed E-state index contributed by atoms with van der Waals surface area (Å²) in [5.74, 6) is -0.638. The van der Waals surface area contributed by atoms with Crippen LogP contribution in [0.5, 0.6) is 0 Å². The summed E-state index contributed by atoms with van der Waals surface area (Å²) < 4.78 is 0. The molecule has 0 unspecified atom stereocenters. The molecule has 0 saturated heterocycles. The zero-order valence-corrected chi connectivity index (χ0v) is 12.1. The SMILES string of the molecule is CCN(CC)C(=O)c1cccc(NC(=O)CC(C)=O)c1. The van der Waals surface area contributed by atoms with Crippen LogP contribution in [0.3, 0.4) is 0 Å². The number of anilines is 1. The summed E-state index contributed by atoms with van der Waals surface area (Å²) in [5, 5.41) is 2.61. The highest BCUT2D eigenvalue weighted by atomic mass is 16.2. The fraction of sp³-hybridized carbons (Fsp3) is 0.400. The molecule has 0 saturated carbocycles. The first-order valence-electron chi connectivity index (χ1n) is 6.66. The van der Waals surface area contributed by atoms with Crippen LogP contribution in [0.1, 0.15) is 37.6 Å². The lowest BCUT2D eigenvalue weighted by molar-refractivity contribution is -0.124. The van der Waals surface area contributed by atoms with Gasteiger partial charge in [-0.2, -0.15) is 0 Å². The number of Topliss-reactive ketones (excluding diaryl/α,β-unsaturated/α-hetero) is 1. The summed E-state index contributed by atoms with van der Waals surface area (Å²) in [6.45, 7) is 6.46. The monoisotopic (exact) mass is 276 g/mol. The van der Waals surface area contributed by atoms with E-state index in [0.717, 1.165) is 0 Å². The fourth-order valence-electron chi connectivity index (χ4n) is 1.85. The van der Waals surface area contributed by atoms with Gasteiger partial charge in [0.1, 0.15) is 5.78 Å². The number of ketones is 1. The minimum absolute atomic E-state index is 0.0716. The van der Waals surface area contributed by atoms with Gasteiger partial charge < -0.3 is 10.2 Å². The van der Waals surface area contributed by atoms with Gasteiger partial charge in [0.05, 0.1) is 6.42 Å². The molecule has 0 aliphatic carbocycles. The van der Waals surface area contributed by atoms with Gasteiger partial charge in [-0.1, -0.05) is 6.07 Å². The quantitative estimate of drug-likeness (QED) is 0.809. The van der Waals surface area contributed by atoms with Gasteiger partial charge in [-0.15, -0.1) is 0 Å². The molecule has 0 radical (unpaired) electrons. The molecule has 1 aromatic carbocycles. The summed E-state index contributed by atoms with van der Waals surface area (Å²) in [7, 11) is 0. The second-order valence-electron chi connectivity index (χ2n) is 4.49. The maximum Gasteiger partial charge on any atom is 0.253 e. The molecule has 0 fully saturated rings. The zero-order chi connectivity index (χ0) is 15.1. The fourth-order valence-corrected chi connectivity index (χ4v) is 1.85. The van der Waals surface area contributed by atoms with Gasteiger partial charge in [0.15, 0.2) is 0 Å². The van der Waals surface area contributed by atoms with Gasteiger partial charge in [0.2, 0.25) is 5.91 Å². The minimum Gasteiger partial charge on any atom is -0.339 e. The summed E-state index contributed by atoms with van der Waals surface area (Å²) in [4.78, 5) is 36.3. The minimum atomic E-state index is -0.370. The summed E-state index contributed by atoms with van der Waals surface area (Å²) in [6, 6.07) is 6.73. The van der Waals surface area contributed by atoms with Crippen LogP contribution in [-0.4, -0.2) is 35.6 Å². The van der Waals surface area contributed by atoms with Gasteiger partial charge in [-0.3, -0.25) is 14.4 Å². The highest BCUT2D eigenvalue weighted by Crippen LogP contribution is 2.13. The molecule has 2 amide bonds. The van der Waals surface area contributed by atoms with E-state index in [0.29, 0.717) is 24.3 Å². The van der Waals surface area contributed by atoms with E-state index in [1.807, 2.05) is 13.8 Å². The first-order valence-corrected chi connectivity index (χ1v) is 6.66. The molecule has 0 bridgehead atoms. The number of carbonyl (C=O) groups excluding carboxylic acids is 3. The van der Waals surface area contributed by atoms with Gasteiger partial charge in [-0.05, 0) is 39.0 Å². The van der Waals surface area contributed by atoms with E-state index in [-0.39, 0.29) is 24.0 Å². The molecule has 5 nitrogen and oxygen atoms in total. The third kappa shape index (κ3) is 4.50. The molecule has 108 valence electrons. The van der Waals surface area contributed by atoms with Crippen molar-refractivity contribution in [3.63, 3.8) is 0 Å². The molecule has 0 atom stereocenters. The van der Waals surface area contributed by atoms with E-state index in [2.05, 4.69) is 5.32 Å². The summed E-state index contributed by atoms with van der Waals surface area (Å²) in [5.41, 5.74) is 1.04. The standard InChI is InChI=1S/C15H20N2O3/c1-4-17(5-2)15(20)12-7-6-8-13(10-12)16-14(19)9-11(3)18/h6-8,10H,4-5,9H2,1-3H3,(H,16,19). The molecule has 0 aliphatic rings. The van der Waals surface area contributed by atoms with Crippen molar-refractivity contribution >= 4 is 23.3 Å². The molecule has 0 aromatic heterocycles. The molecule has 0 heterocycles. The van der Waals surface area contributed by atoms with E-state index in [9.17, 15) is 14.4 Å². The Morgan fingerprint density at radius 1 is 1.15 bits per heavy atom. The molecule has 20 heavy (non-hydrogen) atoms. The molecule has 1 rings (SSSR count). The third-order valence-corrected chi connectivity index (χ3v) is 2.85. The average Bonchev–Trinajstić information content (AvgIpc) is 2.39. The van der Waals surface area contributed by atoms with E-state index in [4.69, 9.17) is 0 Å². The Balaban J connectivity index is 2.83. The third-order valence-electron chi connectivity index (χ3n) is 2.85. The Hall–Kier alpha value is -2.17. The van der Waals surface area contributed by atoms with Crippen LogP contribution in [0.25, 0.3) is 0 Å². The van der Waals surface area contributed by atoms with Crippen molar-refractivity contribution in [3.05, 3.63) is 29.8 Å². The Bertz CT molecular complexity index is 508. The molecule has 0 spiro atoms. The second-order valence-corrected chi connectivity index (χ2v) is 4.49. The lowest BCUT2D eigenvalue weighted by Gasteiger charge is -2.19. The van der Waals surface area contributed by atoms with Crippen molar-refractivity contribution in [1.82, 2.24) is 4.90 Å². The number of nitrogens with one attached hydrogen (secondary N) is 1. The van der Waals surface area contributed by atoms with Crippen molar-refractivity contribution in [2.75, 3.05) is 18.4 Å². The number of rotatable bonds is 6. The molecule has 5 heteroatoms. The van der Waals surface area contributed by atoms with Crippen LogP contribution in [0.2, 0.25) is 0 Å². The number of benzene rings is 1. The first kappa shape index (κ1) is 15.9. The topological polar surface area (TPSA) is 66.5 Å². The van der Waals surface area contributed by atoms with Gasteiger partial charge in [-0.25, -0.2) is 0 Å². The predicted molar refractivity (Wildman–Crippen MR) is 77.6 cm³/mol. The normalized spacial score (nSPS) is 9.95. The largest absolute Gasteiger partial charge is 0.339 e. The maximum absolute atomic E-state index is 12.2. The number of hydrogen-bond acceptors (Lipinski definition) is 3. The second kappa shape index (κ2) is 7.43. The number of carbonyl (C=O) groups is 3. The average molecular weight is 276 g/mol. The van der Waals surface area contributed by atoms with E-state index >= 15 is 0 Å². The Kier molecular flexibility index (Phi) is 5.90. The van der Waals surface area contributed by atoms with Crippen LogP contribution < -0.4 is 5.32 Å². The van der Waals surface area contributed by atoms with E-state index in [1.54, 1.807) is 29.2 Å². The van der Waals surface area contributed by atoms with Crippen molar-refractivity contribution in [1.29, 1.82) is 0 Å². The lowest BCUT2D eigenvalue weighted by Crippen LogP contribution is -2.30. The molecular weight excluding hydrogens is 256 g/mol. The maximum atomic E-state index is 12.2. The molecule has 0 aliphatic heterocycles. The van der Waals surface area contributed by atoms with Gasteiger partial charge in [0.25, 0.3) is 5.91 Å². The zero-order valence-electron chi connectivity index (χ0n) is 12.1. The van der Waals surface area contributed by atoms with E-state index < -0.39 is 0 Å².